The van der Waals surface area contributed by atoms with Gasteiger partial charge in [0.05, 0.1) is 12.1 Å². The van der Waals surface area contributed by atoms with Gasteiger partial charge in [0.1, 0.15) is 6.10 Å². The van der Waals surface area contributed by atoms with Crippen LogP contribution in [0.15, 0.2) is 0 Å². The average Bonchev–Trinajstić information content (AvgIpc) is 2.33. The van der Waals surface area contributed by atoms with Crippen molar-refractivity contribution in [2.45, 2.75) is 44.4 Å². The molecular formula is C12H22N2O5. The van der Waals surface area contributed by atoms with Crippen LogP contribution in [0.5, 0.6) is 0 Å². The summed E-state index contributed by atoms with van der Waals surface area (Å²) in [7, 11) is 1.59. The van der Waals surface area contributed by atoms with E-state index in [9.17, 15) is 9.59 Å². The Balaban J connectivity index is 2.17. The zero-order chi connectivity index (χ0) is 14.3. The van der Waals surface area contributed by atoms with E-state index in [4.69, 9.17) is 14.6 Å². The fourth-order valence-electron chi connectivity index (χ4n) is 2.08. The first-order valence-electron chi connectivity index (χ1n) is 6.49. The Bertz CT molecular complexity index is 310. The lowest BCUT2D eigenvalue weighted by molar-refractivity contribution is -0.137. The van der Waals surface area contributed by atoms with E-state index in [1.807, 2.05) is 6.92 Å². The largest absolute Gasteiger partial charge is 0.481 e. The van der Waals surface area contributed by atoms with Gasteiger partial charge in [0.15, 0.2) is 0 Å². The van der Waals surface area contributed by atoms with Crippen LogP contribution in [-0.4, -0.2) is 55.6 Å². The van der Waals surface area contributed by atoms with Gasteiger partial charge in [-0.1, -0.05) is 0 Å². The standard InChI is InChI=1S/C12H22N2O5/c1-3-19-9-7-8(11(9)18-2)14-12(17)13-6-4-5-10(15)16/h8-9,11H,3-7H2,1-2H3,(H,15,16)(H2,13,14,17). The number of amides is 2. The van der Waals surface area contributed by atoms with E-state index in [1.165, 1.54) is 0 Å². The maximum absolute atomic E-state index is 11.6. The minimum atomic E-state index is -0.861. The highest BCUT2D eigenvalue weighted by molar-refractivity contribution is 5.74. The normalized spacial score (nSPS) is 25.5. The average molecular weight is 274 g/mol. The lowest BCUT2D eigenvalue weighted by Gasteiger charge is -2.43. The Hall–Kier alpha value is -1.34. The summed E-state index contributed by atoms with van der Waals surface area (Å²) in [5, 5.41) is 13.9. The second-order valence-electron chi connectivity index (χ2n) is 4.43. The van der Waals surface area contributed by atoms with E-state index in [0.29, 0.717) is 19.6 Å². The molecule has 0 bridgehead atoms. The van der Waals surface area contributed by atoms with Crippen molar-refractivity contribution in [3.63, 3.8) is 0 Å². The Morgan fingerprint density at radius 3 is 2.74 bits per heavy atom. The van der Waals surface area contributed by atoms with Gasteiger partial charge in [0.25, 0.3) is 0 Å². The summed E-state index contributed by atoms with van der Waals surface area (Å²) < 4.78 is 10.7. The third-order valence-electron chi connectivity index (χ3n) is 3.07. The van der Waals surface area contributed by atoms with Crippen LogP contribution in [0.4, 0.5) is 4.79 Å². The van der Waals surface area contributed by atoms with E-state index < -0.39 is 5.97 Å². The van der Waals surface area contributed by atoms with Crippen molar-refractivity contribution in [3.8, 4) is 0 Å². The summed E-state index contributed by atoms with van der Waals surface area (Å²) in [4.78, 5) is 21.8. The summed E-state index contributed by atoms with van der Waals surface area (Å²) in [5.41, 5.74) is 0. The highest BCUT2D eigenvalue weighted by Crippen LogP contribution is 2.26. The van der Waals surface area contributed by atoms with Gasteiger partial charge in [-0.3, -0.25) is 4.79 Å². The first-order chi connectivity index (χ1) is 9.08. The minimum Gasteiger partial charge on any atom is -0.481 e. The van der Waals surface area contributed by atoms with Gasteiger partial charge in [-0.2, -0.15) is 0 Å². The molecule has 110 valence electrons. The molecule has 7 nitrogen and oxygen atoms in total. The predicted octanol–water partition coefficient (Wildman–Crippen LogP) is 0.343. The van der Waals surface area contributed by atoms with Crippen LogP contribution in [0.25, 0.3) is 0 Å². The first kappa shape index (κ1) is 15.7. The van der Waals surface area contributed by atoms with Gasteiger partial charge in [-0.15, -0.1) is 0 Å². The van der Waals surface area contributed by atoms with Crippen LogP contribution in [-0.2, 0) is 14.3 Å². The summed E-state index contributed by atoms with van der Waals surface area (Å²) in [6, 6.07) is -0.353. The quantitative estimate of drug-likeness (QED) is 0.555. The van der Waals surface area contributed by atoms with Gasteiger partial charge in [-0.05, 0) is 19.8 Å². The van der Waals surface area contributed by atoms with Crippen molar-refractivity contribution in [1.82, 2.24) is 10.6 Å². The molecule has 0 aromatic carbocycles. The summed E-state index contributed by atoms with van der Waals surface area (Å²) in [6.07, 6.45) is 1.12. The van der Waals surface area contributed by atoms with E-state index >= 15 is 0 Å². The fourth-order valence-corrected chi connectivity index (χ4v) is 2.08. The van der Waals surface area contributed by atoms with Crippen molar-refractivity contribution < 1.29 is 24.2 Å². The molecule has 0 spiro atoms. The Kier molecular flexibility index (Phi) is 6.58. The van der Waals surface area contributed by atoms with Crippen LogP contribution in [0.1, 0.15) is 26.2 Å². The van der Waals surface area contributed by atoms with Crippen LogP contribution in [0, 0.1) is 0 Å². The zero-order valence-corrected chi connectivity index (χ0v) is 11.3. The Morgan fingerprint density at radius 1 is 1.42 bits per heavy atom. The van der Waals surface area contributed by atoms with Crippen molar-refractivity contribution in [2.75, 3.05) is 20.3 Å². The second kappa shape index (κ2) is 7.96. The maximum Gasteiger partial charge on any atom is 0.315 e. The van der Waals surface area contributed by atoms with Crippen molar-refractivity contribution in [2.24, 2.45) is 0 Å². The van der Waals surface area contributed by atoms with Crippen molar-refractivity contribution >= 4 is 12.0 Å². The van der Waals surface area contributed by atoms with Crippen LogP contribution in [0.2, 0.25) is 0 Å². The number of carboxylic acid groups (broad SMARTS) is 1. The number of nitrogens with one attached hydrogen (secondary N) is 2. The van der Waals surface area contributed by atoms with Crippen molar-refractivity contribution in [1.29, 1.82) is 0 Å². The number of rotatable bonds is 8. The molecule has 1 aliphatic carbocycles. The molecule has 1 rings (SSSR count). The van der Waals surface area contributed by atoms with Gasteiger partial charge < -0.3 is 25.2 Å². The highest BCUT2D eigenvalue weighted by atomic mass is 16.5. The zero-order valence-electron chi connectivity index (χ0n) is 11.3. The molecule has 19 heavy (non-hydrogen) atoms. The SMILES string of the molecule is CCOC1CC(NC(=O)NCCCC(=O)O)C1OC. The van der Waals surface area contributed by atoms with Crippen LogP contribution >= 0.6 is 0 Å². The maximum atomic E-state index is 11.6. The third-order valence-corrected chi connectivity index (χ3v) is 3.07. The molecule has 0 saturated heterocycles. The number of aliphatic carboxylic acids is 1. The number of carbonyl (C=O) groups is 2. The molecule has 2 amide bonds. The number of urea groups is 1. The molecule has 1 aliphatic rings. The molecule has 3 unspecified atom stereocenters. The van der Waals surface area contributed by atoms with E-state index in [1.54, 1.807) is 7.11 Å². The molecule has 1 saturated carbocycles. The molecule has 7 heteroatoms. The van der Waals surface area contributed by atoms with E-state index in [0.717, 1.165) is 6.42 Å². The second-order valence-corrected chi connectivity index (χ2v) is 4.43. The lowest BCUT2D eigenvalue weighted by atomic mass is 9.85. The van der Waals surface area contributed by atoms with E-state index in [-0.39, 0.29) is 30.7 Å². The molecule has 3 N–H and O–H groups in total. The fraction of sp³-hybridized carbons (Fsp3) is 0.833. The molecule has 0 heterocycles. The monoisotopic (exact) mass is 274 g/mol. The highest BCUT2D eigenvalue weighted by Gasteiger charge is 2.42. The number of methoxy groups -OCH3 is 1. The Labute approximate surface area is 112 Å². The number of ether oxygens (including phenoxy) is 2. The predicted molar refractivity (Wildman–Crippen MR) is 68.0 cm³/mol. The number of hydrogen-bond donors (Lipinski definition) is 3. The van der Waals surface area contributed by atoms with Crippen LogP contribution < -0.4 is 10.6 Å². The summed E-state index contributed by atoms with van der Waals surface area (Å²) in [6.45, 7) is 2.89. The molecule has 0 aliphatic heterocycles. The molecular weight excluding hydrogens is 252 g/mol. The van der Waals surface area contributed by atoms with Crippen molar-refractivity contribution in [3.05, 3.63) is 0 Å². The Morgan fingerprint density at radius 2 is 2.16 bits per heavy atom. The molecule has 0 aromatic heterocycles. The number of carboxylic acids is 1. The molecule has 3 atom stereocenters. The molecule has 0 radical (unpaired) electrons. The molecule has 0 aromatic rings. The van der Waals surface area contributed by atoms with Crippen LogP contribution in [0.3, 0.4) is 0 Å². The topological polar surface area (TPSA) is 96.9 Å². The van der Waals surface area contributed by atoms with Gasteiger partial charge >= 0.3 is 12.0 Å². The smallest absolute Gasteiger partial charge is 0.315 e. The van der Waals surface area contributed by atoms with Gasteiger partial charge in [-0.25, -0.2) is 4.79 Å². The first-order valence-corrected chi connectivity index (χ1v) is 6.49. The van der Waals surface area contributed by atoms with E-state index in [2.05, 4.69) is 10.6 Å². The number of carbonyl (C=O) groups excluding carboxylic acids is 1. The van der Waals surface area contributed by atoms with Gasteiger partial charge in [0.2, 0.25) is 0 Å². The summed E-state index contributed by atoms with van der Waals surface area (Å²) >= 11 is 0. The summed E-state index contributed by atoms with van der Waals surface area (Å²) in [5.74, 6) is -0.861. The lowest BCUT2D eigenvalue weighted by Crippen LogP contribution is -2.62. The minimum absolute atomic E-state index is 0.0345. The number of hydrogen-bond acceptors (Lipinski definition) is 4. The molecule has 1 fully saturated rings. The van der Waals surface area contributed by atoms with Gasteiger partial charge in [0, 0.05) is 26.7 Å². The third kappa shape index (κ3) is 5.04.